The Morgan fingerprint density at radius 2 is 2.25 bits per heavy atom. The monoisotopic (exact) mass is 337 g/mol. The minimum atomic E-state index is -0.136. The topological polar surface area (TPSA) is 56.2 Å². The van der Waals surface area contributed by atoms with E-state index in [2.05, 4.69) is 26.3 Å². The van der Waals surface area contributed by atoms with E-state index in [0.717, 1.165) is 15.8 Å². The molecular formula is C14H16BrN3O2. The summed E-state index contributed by atoms with van der Waals surface area (Å²) in [5.41, 5.74) is 1.53. The first-order chi connectivity index (χ1) is 9.63. The average molecular weight is 338 g/mol. The van der Waals surface area contributed by atoms with Crippen molar-refractivity contribution in [2.45, 2.75) is 20.0 Å². The molecule has 106 valence electrons. The molecule has 1 N–H and O–H groups in total. The lowest BCUT2D eigenvalue weighted by atomic mass is 10.2. The van der Waals surface area contributed by atoms with Gasteiger partial charge in [0.15, 0.2) is 0 Å². The van der Waals surface area contributed by atoms with E-state index in [4.69, 9.17) is 4.74 Å². The van der Waals surface area contributed by atoms with Gasteiger partial charge in [0.05, 0.1) is 7.11 Å². The van der Waals surface area contributed by atoms with Gasteiger partial charge in [0.25, 0.3) is 5.91 Å². The highest BCUT2D eigenvalue weighted by atomic mass is 79.9. The third-order valence-electron chi connectivity index (χ3n) is 2.87. The molecule has 0 fully saturated rings. The molecule has 0 unspecified atom stereocenters. The number of benzene rings is 1. The van der Waals surface area contributed by atoms with Crippen molar-refractivity contribution < 1.29 is 9.53 Å². The summed E-state index contributed by atoms with van der Waals surface area (Å²) in [6.07, 6.45) is 1.63. The van der Waals surface area contributed by atoms with Gasteiger partial charge < -0.3 is 10.1 Å². The molecule has 0 radical (unpaired) electrons. The molecule has 2 aromatic rings. The summed E-state index contributed by atoms with van der Waals surface area (Å²) in [7, 11) is 1.62. The largest absolute Gasteiger partial charge is 0.497 e. The van der Waals surface area contributed by atoms with Crippen molar-refractivity contribution in [1.29, 1.82) is 0 Å². The third kappa shape index (κ3) is 3.39. The van der Waals surface area contributed by atoms with Crippen LogP contribution in [-0.2, 0) is 13.1 Å². The lowest BCUT2D eigenvalue weighted by Crippen LogP contribution is -2.25. The van der Waals surface area contributed by atoms with Gasteiger partial charge in [-0.15, -0.1) is 0 Å². The van der Waals surface area contributed by atoms with E-state index >= 15 is 0 Å². The van der Waals surface area contributed by atoms with E-state index in [0.29, 0.717) is 18.8 Å². The Bertz CT molecular complexity index is 610. The fourth-order valence-electron chi connectivity index (χ4n) is 1.89. The molecule has 1 amide bonds. The van der Waals surface area contributed by atoms with Crippen molar-refractivity contribution >= 4 is 21.8 Å². The van der Waals surface area contributed by atoms with Crippen LogP contribution in [0.15, 0.2) is 34.9 Å². The molecule has 0 aliphatic rings. The molecule has 0 bridgehead atoms. The summed E-state index contributed by atoms with van der Waals surface area (Å²) < 4.78 is 7.77. The quantitative estimate of drug-likeness (QED) is 0.912. The van der Waals surface area contributed by atoms with Crippen LogP contribution in [0.2, 0.25) is 0 Å². The number of halogens is 1. The number of nitrogens with zero attached hydrogens (tertiary/aromatic N) is 2. The number of methoxy groups -OCH3 is 1. The van der Waals surface area contributed by atoms with E-state index in [-0.39, 0.29) is 5.91 Å². The van der Waals surface area contributed by atoms with Gasteiger partial charge in [0.2, 0.25) is 0 Å². The third-order valence-corrected chi connectivity index (χ3v) is 3.33. The van der Waals surface area contributed by atoms with Crippen molar-refractivity contribution in [2.75, 3.05) is 7.11 Å². The lowest BCUT2D eigenvalue weighted by Gasteiger charge is -2.09. The first kappa shape index (κ1) is 14.6. The molecule has 0 saturated carbocycles. The normalized spacial score (nSPS) is 10.3. The van der Waals surface area contributed by atoms with Gasteiger partial charge in [-0.2, -0.15) is 5.10 Å². The number of carbonyl (C=O) groups excluding carboxylic acids is 1. The van der Waals surface area contributed by atoms with Crippen LogP contribution in [0.3, 0.4) is 0 Å². The molecule has 0 spiro atoms. The number of ether oxygens (including phenoxy) is 1. The highest BCUT2D eigenvalue weighted by molar-refractivity contribution is 9.10. The molecule has 0 atom stereocenters. The molecule has 1 heterocycles. The Hall–Kier alpha value is -1.82. The molecule has 20 heavy (non-hydrogen) atoms. The van der Waals surface area contributed by atoms with Crippen LogP contribution in [0.4, 0.5) is 0 Å². The average Bonchev–Trinajstić information content (AvgIpc) is 2.92. The van der Waals surface area contributed by atoms with Gasteiger partial charge in [0.1, 0.15) is 11.4 Å². The molecule has 1 aromatic carbocycles. The zero-order chi connectivity index (χ0) is 14.5. The number of rotatable bonds is 5. The van der Waals surface area contributed by atoms with Crippen molar-refractivity contribution in [3.05, 3.63) is 46.2 Å². The Balaban J connectivity index is 2.05. The molecule has 5 nitrogen and oxygen atoms in total. The van der Waals surface area contributed by atoms with E-state index in [1.54, 1.807) is 24.1 Å². The van der Waals surface area contributed by atoms with Crippen molar-refractivity contribution in [3.8, 4) is 5.75 Å². The second-order valence-corrected chi connectivity index (χ2v) is 5.13. The Labute approximate surface area is 126 Å². The molecule has 0 saturated heterocycles. The van der Waals surface area contributed by atoms with Crippen LogP contribution < -0.4 is 10.1 Å². The Kier molecular flexibility index (Phi) is 4.79. The van der Waals surface area contributed by atoms with E-state index in [1.807, 2.05) is 25.1 Å². The van der Waals surface area contributed by atoms with Gasteiger partial charge in [0, 0.05) is 23.8 Å². The van der Waals surface area contributed by atoms with E-state index in [1.165, 1.54) is 0 Å². The van der Waals surface area contributed by atoms with Crippen LogP contribution in [0, 0.1) is 0 Å². The van der Waals surface area contributed by atoms with Gasteiger partial charge >= 0.3 is 0 Å². The Morgan fingerprint density at radius 1 is 1.45 bits per heavy atom. The summed E-state index contributed by atoms with van der Waals surface area (Å²) in [5.74, 6) is 0.616. The van der Waals surface area contributed by atoms with Crippen molar-refractivity contribution in [1.82, 2.24) is 15.1 Å². The number of nitrogens with one attached hydrogen (secondary N) is 1. The molecule has 1 aromatic heterocycles. The van der Waals surface area contributed by atoms with E-state index < -0.39 is 0 Å². The first-order valence-electron chi connectivity index (χ1n) is 6.27. The van der Waals surface area contributed by atoms with Gasteiger partial charge in [-0.05, 0) is 36.8 Å². The highest BCUT2D eigenvalue weighted by Crippen LogP contribution is 2.21. The number of hydrogen-bond acceptors (Lipinski definition) is 3. The molecular weight excluding hydrogens is 322 g/mol. The van der Waals surface area contributed by atoms with Gasteiger partial charge in [-0.25, -0.2) is 0 Å². The highest BCUT2D eigenvalue weighted by Gasteiger charge is 2.10. The second kappa shape index (κ2) is 6.56. The maximum absolute atomic E-state index is 12.1. The van der Waals surface area contributed by atoms with Gasteiger partial charge in [-0.1, -0.05) is 15.9 Å². The Morgan fingerprint density at radius 3 is 2.95 bits per heavy atom. The zero-order valence-electron chi connectivity index (χ0n) is 11.4. The fraction of sp³-hybridized carbons (Fsp3) is 0.286. The maximum Gasteiger partial charge on any atom is 0.269 e. The van der Waals surface area contributed by atoms with Crippen LogP contribution in [0.1, 0.15) is 23.0 Å². The van der Waals surface area contributed by atoms with Crippen LogP contribution in [-0.4, -0.2) is 22.8 Å². The predicted molar refractivity (Wildman–Crippen MR) is 79.8 cm³/mol. The number of carbonyl (C=O) groups is 1. The van der Waals surface area contributed by atoms with Gasteiger partial charge in [-0.3, -0.25) is 9.48 Å². The smallest absolute Gasteiger partial charge is 0.269 e. The molecule has 2 rings (SSSR count). The molecule has 6 heteroatoms. The standard InChI is InChI=1S/C14H16BrN3O2/c1-3-18-13(4-5-17-18)14(19)16-9-10-6-11(15)8-12(7-10)20-2/h4-8H,3,9H2,1-2H3,(H,16,19). The molecule has 0 aliphatic carbocycles. The second-order valence-electron chi connectivity index (χ2n) is 4.21. The van der Waals surface area contributed by atoms with Crippen LogP contribution in [0.5, 0.6) is 5.75 Å². The maximum atomic E-state index is 12.1. The minimum absolute atomic E-state index is 0.136. The van der Waals surface area contributed by atoms with Crippen molar-refractivity contribution in [3.63, 3.8) is 0 Å². The number of amides is 1. The van der Waals surface area contributed by atoms with E-state index in [9.17, 15) is 4.79 Å². The lowest BCUT2D eigenvalue weighted by molar-refractivity contribution is 0.0940. The number of aromatic nitrogens is 2. The fourth-order valence-corrected chi connectivity index (χ4v) is 2.41. The summed E-state index contributed by atoms with van der Waals surface area (Å²) in [4.78, 5) is 12.1. The SMILES string of the molecule is CCn1nccc1C(=O)NCc1cc(Br)cc(OC)c1. The summed E-state index contributed by atoms with van der Waals surface area (Å²) in [6, 6.07) is 7.42. The predicted octanol–water partition coefficient (Wildman–Crippen LogP) is 2.60. The summed E-state index contributed by atoms with van der Waals surface area (Å²) in [6.45, 7) is 3.05. The number of aryl methyl sites for hydroxylation is 1. The summed E-state index contributed by atoms with van der Waals surface area (Å²) >= 11 is 3.42. The number of hydrogen-bond donors (Lipinski definition) is 1. The van der Waals surface area contributed by atoms with Crippen molar-refractivity contribution in [2.24, 2.45) is 0 Å². The minimum Gasteiger partial charge on any atom is -0.497 e. The first-order valence-corrected chi connectivity index (χ1v) is 7.06. The van der Waals surface area contributed by atoms with Crippen LogP contribution >= 0.6 is 15.9 Å². The van der Waals surface area contributed by atoms with Crippen LogP contribution in [0.25, 0.3) is 0 Å². The molecule has 0 aliphatic heterocycles. The summed E-state index contributed by atoms with van der Waals surface area (Å²) in [5, 5.41) is 6.96. The zero-order valence-corrected chi connectivity index (χ0v) is 13.0.